The van der Waals surface area contributed by atoms with Gasteiger partial charge in [0.1, 0.15) is 0 Å². The first-order valence-electron chi connectivity index (χ1n) is 9.36. The average Bonchev–Trinajstić information content (AvgIpc) is 2.39. The summed E-state index contributed by atoms with van der Waals surface area (Å²) in [6, 6.07) is 0. The van der Waals surface area contributed by atoms with Gasteiger partial charge in [0.15, 0.2) is 8.32 Å². The van der Waals surface area contributed by atoms with Crippen molar-refractivity contribution in [2.24, 2.45) is 0 Å². The summed E-state index contributed by atoms with van der Waals surface area (Å²) >= 11 is 0. The third kappa shape index (κ3) is 8.48. The SMILES string of the molecule is C=C(CO[Si](C)(C)C(C)(C)C)C/C(=C\CC(F)F)O[Si](C)(C)C(C)(C)C. The van der Waals surface area contributed by atoms with Crippen molar-refractivity contribution in [2.45, 2.75) is 97.1 Å². The average molecular weight is 407 g/mol. The lowest BCUT2D eigenvalue weighted by Gasteiger charge is -2.38. The first-order valence-corrected chi connectivity index (χ1v) is 15.2. The van der Waals surface area contributed by atoms with Gasteiger partial charge in [0.05, 0.1) is 12.4 Å². The predicted octanol–water partition coefficient (Wildman–Crippen LogP) is 7.52. The van der Waals surface area contributed by atoms with E-state index in [2.05, 4.69) is 74.3 Å². The number of hydrogen-bond donors (Lipinski definition) is 0. The summed E-state index contributed by atoms with van der Waals surface area (Å²) in [7, 11) is -3.95. The molecule has 0 rings (SSSR count). The van der Waals surface area contributed by atoms with Crippen LogP contribution in [-0.4, -0.2) is 29.7 Å². The number of rotatable bonds is 9. The Kier molecular flexibility index (Phi) is 8.99. The van der Waals surface area contributed by atoms with Gasteiger partial charge in [-0.15, -0.1) is 0 Å². The Morgan fingerprint density at radius 3 is 1.81 bits per heavy atom. The number of alkyl halides is 2. The van der Waals surface area contributed by atoms with Crippen LogP contribution in [0.1, 0.15) is 54.4 Å². The van der Waals surface area contributed by atoms with Crippen molar-refractivity contribution < 1.29 is 17.6 Å². The number of halogens is 2. The molecule has 0 aromatic rings. The molecule has 0 fully saturated rings. The van der Waals surface area contributed by atoms with E-state index in [1.54, 1.807) is 0 Å². The molecule has 6 heteroatoms. The second-order valence-corrected chi connectivity index (χ2v) is 19.7. The second-order valence-electron chi connectivity index (χ2n) is 10.1. The third-order valence-electron chi connectivity index (χ3n) is 5.58. The molecular formula is C20H40F2O2Si2. The summed E-state index contributed by atoms with van der Waals surface area (Å²) in [6.45, 7) is 26.2. The minimum absolute atomic E-state index is 0.00981. The van der Waals surface area contributed by atoms with Gasteiger partial charge in [-0.2, -0.15) is 0 Å². The fourth-order valence-electron chi connectivity index (χ4n) is 1.65. The van der Waals surface area contributed by atoms with Crippen LogP contribution in [0, 0.1) is 0 Å². The smallest absolute Gasteiger partial charge is 0.250 e. The summed E-state index contributed by atoms with van der Waals surface area (Å²) in [4.78, 5) is 0. The van der Waals surface area contributed by atoms with E-state index in [1.165, 1.54) is 6.08 Å². The molecule has 0 aliphatic rings. The van der Waals surface area contributed by atoms with E-state index in [0.717, 1.165) is 5.57 Å². The quantitative estimate of drug-likeness (QED) is 0.224. The largest absolute Gasteiger partial charge is 0.547 e. The molecule has 2 nitrogen and oxygen atoms in total. The summed E-state index contributed by atoms with van der Waals surface area (Å²) in [6.07, 6.45) is -0.679. The first-order chi connectivity index (χ1) is 11.4. The van der Waals surface area contributed by atoms with Gasteiger partial charge in [-0.25, -0.2) is 8.78 Å². The minimum Gasteiger partial charge on any atom is -0.547 e. The Labute approximate surface area is 162 Å². The molecule has 0 aliphatic heterocycles. The van der Waals surface area contributed by atoms with Crippen LogP contribution < -0.4 is 0 Å². The molecule has 154 valence electrons. The van der Waals surface area contributed by atoms with Crippen molar-refractivity contribution in [2.75, 3.05) is 6.61 Å². The molecule has 0 aromatic heterocycles. The predicted molar refractivity (Wildman–Crippen MR) is 114 cm³/mol. The molecule has 0 spiro atoms. The van der Waals surface area contributed by atoms with Crippen molar-refractivity contribution in [1.29, 1.82) is 0 Å². The minimum atomic E-state index is -2.37. The summed E-state index contributed by atoms with van der Waals surface area (Å²) in [5, 5.41) is 0.134. The van der Waals surface area contributed by atoms with Gasteiger partial charge in [0, 0.05) is 12.8 Å². The molecule has 0 heterocycles. The van der Waals surface area contributed by atoms with E-state index < -0.39 is 23.1 Å². The van der Waals surface area contributed by atoms with E-state index in [9.17, 15) is 8.78 Å². The topological polar surface area (TPSA) is 18.5 Å². The van der Waals surface area contributed by atoms with E-state index in [0.29, 0.717) is 18.8 Å². The third-order valence-corrected chi connectivity index (χ3v) is 14.4. The van der Waals surface area contributed by atoms with E-state index in [-0.39, 0.29) is 16.5 Å². The summed E-state index contributed by atoms with van der Waals surface area (Å²) in [5.41, 5.74) is 0.869. The monoisotopic (exact) mass is 406 g/mol. The molecular weight excluding hydrogens is 366 g/mol. The molecule has 0 aromatic carbocycles. The van der Waals surface area contributed by atoms with Crippen LogP contribution in [0.15, 0.2) is 24.0 Å². The normalized spacial score (nSPS) is 14.7. The Morgan fingerprint density at radius 2 is 1.42 bits per heavy atom. The molecule has 26 heavy (non-hydrogen) atoms. The fourth-order valence-corrected chi connectivity index (χ4v) is 3.76. The Balaban J connectivity index is 5.10. The van der Waals surface area contributed by atoms with Crippen LogP contribution in [0.5, 0.6) is 0 Å². The zero-order valence-electron chi connectivity index (χ0n) is 18.6. The maximum absolute atomic E-state index is 12.7. The summed E-state index contributed by atoms with van der Waals surface area (Å²) < 4.78 is 37.9. The Hall–Kier alpha value is -0.466. The van der Waals surface area contributed by atoms with Crippen molar-refractivity contribution in [3.63, 3.8) is 0 Å². The zero-order chi connectivity index (χ0) is 21.0. The standard InChI is InChI=1S/C20H40F2O2Si2/c1-16(15-23-25(8,9)19(2,3)4)14-17(12-13-18(21)22)24-26(10,11)20(5,6)7/h12,18H,1,13-15H2,2-11H3/b17-12+. The van der Waals surface area contributed by atoms with E-state index >= 15 is 0 Å². The van der Waals surface area contributed by atoms with Gasteiger partial charge in [-0.3, -0.25) is 0 Å². The molecule has 0 unspecified atom stereocenters. The van der Waals surface area contributed by atoms with Crippen molar-refractivity contribution in [3.05, 3.63) is 24.0 Å². The highest BCUT2D eigenvalue weighted by molar-refractivity contribution is 6.74. The van der Waals surface area contributed by atoms with Crippen LogP contribution in [0.3, 0.4) is 0 Å². The van der Waals surface area contributed by atoms with Gasteiger partial charge in [0.2, 0.25) is 14.7 Å². The fraction of sp³-hybridized carbons (Fsp3) is 0.800. The second kappa shape index (κ2) is 9.15. The first kappa shape index (κ1) is 25.5. The van der Waals surface area contributed by atoms with Gasteiger partial charge in [-0.1, -0.05) is 48.1 Å². The van der Waals surface area contributed by atoms with Crippen LogP contribution in [-0.2, 0) is 8.85 Å². The van der Waals surface area contributed by atoms with Crippen molar-refractivity contribution >= 4 is 16.6 Å². The maximum atomic E-state index is 12.7. The molecule has 0 N–H and O–H groups in total. The Morgan fingerprint density at radius 1 is 0.962 bits per heavy atom. The van der Waals surface area contributed by atoms with Gasteiger partial charge in [-0.05, 0) is 47.9 Å². The Bertz CT molecular complexity index is 499. The molecule has 0 radical (unpaired) electrons. The van der Waals surface area contributed by atoms with Gasteiger partial charge in [0.25, 0.3) is 0 Å². The van der Waals surface area contributed by atoms with Crippen LogP contribution in [0.25, 0.3) is 0 Å². The maximum Gasteiger partial charge on any atom is 0.250 e. The number of allylic oxidation sites excluding steroid dienone is 2. The lowest BCUT2D eigenvalue weighted by atomic mass is 10.2. The summed E-state index contributed by atoms with van der Waals surface area (Å²) in [5.74, 6) is 0.612. The highest BCUT2D eigenvalue weighted by Crippen LogP contribution is 2.39. The molecule has 0 atom stereocenters. The van der Waals surface area contributed by atoms with Gasteiger partial charge < -0.3 is 8.85 Å². The highest BCUT2D eigenvalue weighted by Gasteiger charge is 2.40. The van der Waals surface area contributed by atoms with Gasteiger partial charge >= 0.3 is 0 Å². The lowest BCUT2D eigenvalue weighted by Crippen LogP contribution is -2.41. The molecule has 0 amide bonds. The molecule has 0 bridgehead atoms. The van der Waals surface area contributed by atoms with E-state index in [1.807, 2.05) is 0 Å². The van der Waals surface area contributed by atoms with Crippen molar-refractivity contribution in [3.8, 4) is 0 Å². The van der Waals surface area contributed by atoms with Crippen LogP contribution >= 0.6 is 0 Å². The molecule has 0 aliphatic carbocycles. The van der Waals surface area contributed by atoms with Crippen LogP contribution in [0.4, 0.5) is 8.78 Å². The zero-order valence-corrected chi connectivity index (χ0v) is 20.6. The number of hydrogen-bond acceptors (Lipinski definition) is 2. The highest BCUT2D eigenvalue weighted by atomic mass is 28.4. The molecule has 0 saturated carbocycles. The van der Waals surface area contributed by atoms with E-state index in [4.69, 9.17) is 8.85 Å². The van der Waals surface area contributed by atoms with Crippen molar-refractivity contribution in [1.82, 2.24) is 0 Å². The lowest BCUT2D eigenvalue weighted by molar-refractivity contribution is 0.151. The molecule has 0 saturated heterocycles. The van der Waals surface area contributed by atoms with Crippen LogP contribution in [0.2, 0.25) is 36.3 Å².